The van der Waals surface area contributed by atoms with Crippen LogP contribution in [0.5, 0.6) is 0 Å². The molecule has 0 aromatic heterocycles. The van der Waals surface area contributed by atoms with E-state index < -0.39 is 22.8 Å². The lowest BCUT2D eigenvalue weighted by Crippen LogP contribution is -2.30. The number of carbonyl (C=O) groups is 2. The van der Waals surface area contributed by atoms with Gasteiger partial charge in [-0.15, -0.1) is 0 Å². The van der Waals surface area contributed by atoms with Crippen molar-refractivity contribution in [1.29, 1.82) is 0 Å². The highest BCUT2D eigenvalue weighted by Crippen LogP contribution is 2.32. The Morgan fingerprint density at radius 3 is 2.48 bits per heavy atom. The number of carbonyl (C=O) groups excluding carboxylic acids is 2. The number of nitrogens with one attached hydrogen (secondary N) is 1. The third-order valence-electron chi connectivity index (χ3n) is 4.99. The van der Waals surface area contributed by atoms with Gasteiger partial charge in [-0.25, -0.2) is 0 Å². The number of rotatable bonds is 7. The largest absolute Gasteiger partial charge is 0.469 e. The summed E-state index contributed by atoms with van der Waals surface area (Å²) in [5.41, 5.74) is 1.35. The molecule has 8 nitrogen and oxygen atoms in total. The van der Waals surface area contributed by atoms with Crippen LogP contribution in [0.1, 0.15) is 41.2 Å². The topological polar surface area (TPSA) is 102 Å². The van der Waals surface area contributed by atoms with E-state index in [1.165, 1.54) is 13.2 Å². The van der Waals surface area contributed by atoms with Crippen LogP contribution in [-0.4, -0.2) is 37.0 Å². The Morgan fingerprint density at radius 1 is 1.17 bits per heavy atom. The standard InChI is InChI=1S/C21H23N3O5/c1-29-20(25)14-17(15-7-3-2-4-8-15)22-21(26)16-9-10-18(19(13-16)24(27)28)23-11-5-6-12-23/h2-4,7-10,13,17H,5-6,11-12,14H2,1H3,(H,22,26)/t17-/m1/s1. The van der Waals surface area contributed by atoms with Crippen molar-refractivity contribution in [3.8, 4) is 0 Å². The first-order chi connectivity index (χ1) is 14.0. The summed E-state index contributed by atoms with van der Waals surface area (Å²) >= 11 is 0. The predicted octanol–water partition coefficient (Wildman–Crippen LogP) is 3.23. The first-order valence-corrected chi connectivity index (χ1v) is 9.45. The Hall–Kier alpha value is -3.42. The van der Waals surface area contributed by atoms with E-state index in [4.69, 9.17) is 4.74 Å². The molecule has 29 heavy (non-hydrogen) atoms. The molecule has 1 N–H and O–H groups in total. The van der Waals surface area contributed by atoms with Crippen LogP contribution >= 0.6 is 0 Å². The van der Waals surface area contributed by atoms with Gasteiger partial charge in [-0.1, -0.05) is 30.3 Å². The van der Waals surface area contributed by atoms with Gasteiger partial charge in [0.2, 0.25) is 0 Å². The molecule has 0 radical (unpaired) electrons. The highest BCUT2D eigenvalue weighted by Gasteiger charge is 2.25. The molecule has 0 spiro atoms. The van der Waals surface area contributed by atoms with E-state index in [1.807, 2.05) is 11.0 Å². The molecule has 1 saturated heterocycles. The summed E-state index contributed by atoms with van der Waals surface area (Å²) in [6, 6.07) is 12.9. The van der Waals surface area contributed by atoms with Gasteiger partial charge in [0.05, 0.1) is 24.5 Å². The van der Waals surface area contributed by atoms with Crippen molar-refractivity contribution in [1.82, 2.24) is 5.32 Å². The van der Waals surface area contributed by atoms with Crippen molar-refractivity contribution in [3.05, 3.63) is 69.8 Å². The summed E-state index contributed by atoms with van der Waals surface area (Å²) in [6.07, 6.45) is 1.94. The van der Waals surface area contributed by atoms with Gasteiger partial charge < -0.3 is 15.0 Å². The van der Waals surface area contributed by atoms with E-state index in [0.29, 0.717) is 5.69 Å². The van der Waals surface area contributed by atoms with Crippen LogP contribution in [-0.2, 0) is 9.53 Å². The van der Waals surface area contributed by atoms with E-state index in [9.17, 15) is 19.7 Å². The Labute approximate surface area is 168 Å². The maximum Gasteiger partial charge on any atom is 0.307 e. The first-order valence-electron chi connectivity index (χ1n) is 9.45. The van der Waals surface area contributed by atoms with E-state index in [2.05, 4.69) is 5.32 Å². The van der Waals surface area contributed by atoms with Gasteiger partial charge in [0.25, 0.3) is 11.6 Å². The van der Waals surface area contributed by atoms with Crippen LogP contribution in [0, 0.1) is 10.1 Å². The number of anilines is 1. The van der Waals surface area contributed by atoms with Gasteiger partial charge in [-0.05, 0) is 30.5 Å². The lowest BCUT2D eigenvalue weighted by molar-refractivity contribution is -0.384. The van der Waals surface area contributed by atoms with Crippen molar-refractivity contribution in [3.63, 3.8) is 0 Å². The third kappa shape index (κ3) is 4.90. The summed E-state index contributed by atoms with van der Waals surface area (Å²) in [5, 5.41) is 14.4. The Morgan fingerprint density at radius 2 is 1.86 bits per heavy atom. The second-order valence-electron chi connectivity index (χ2n) is 6.87. The second-order valence-corrected chi connectivity index (χ2v) is 6.87. The van der Waals surface area contributed by atoms with E-state index in [1.54, 1.807) is 36.4 Å². The highest BCUT2D eigenvalue weighted by molar-refractivity contribution is 5.96. The van der Waals surface area contributed by atoms with Gasteiger partial charge in [-0.3, -0.25) is 19.7 Å². The highest BCUT2D eigenvalue weighted by atomic mass is 16.6. The summed E-state index contributed by atoms with van der Waals surface area (Å²) in [6.45, 7) is 1.53. The van der Waals surface area contributed by atoms with Crippen molar-refractivity contribution in [2.75, 3.05) is 25.1 Å². The van der Waals surface area contributed by atoms with Gasteiger partial charge in [0.1, 0.15) is 5.69 Å². The number of amides is 1. The fourth-order valence-corrected chi connectivity index (χ4v) is 3.47. The zero-order valence-electron chi connectivity index (χ0n) is 16.2. The summed E-state index contributed by atoms with van der Waals surface area (Å²) < 4.78 is 4.73. The van der Waals surface area contributed by atoms with Crippen LogP contribution in [0.15, 0.2) is 48.5 Å². The normalized spacial score (nSPS) is 14.3. The Balaban J connectivity index is 1.84. The number of nitro benzene ring substituents is 1. The van der Waals surface area contributed by atoms with Crippen molar-refractivity contribution < 1.29 is 19.2 Å². The first kappa shape index (κ1) is 20.3. The third-order valence-corrected chi connectivity index (χ3v) is 4.99. The fraction of sp³-hybridized carbons (Fsp3) is 0.333. The zero-order chi connectivity index (χ0) is 20.8. The molecule has 3 rings (SSSR count). The van der Waals surface area contributed by atoms with Gasteiger partial charge >= 0.3 is 5.97 Å². The van der Waals surface area contributed by atoms with Crippen LogP contribution < -0.4 is 10.2 Å². The van der Waals surface area contributed by atoms with Crippen LogP contribution in [0.2, 0.25) is 0 Å². The van der Waals surface area contributed by atoms with E-state index >= 15 is 0 Å². The van der Waals surface area contributed by atoms with E-state index in [0.717, 1.165) is 31.5 Å². The fourth-order valence-electron chi connectivity index (χ4n) is 3.47. The molecule has 8 heteroatoms. The molecule has 152 valence electrons. The lowest BCUT2D eigenvalue weighted by atomic mass is 10.0. The lowest BCUT2D eigenvalue weighted by Gasteiger charge is -2.20. The number of ether oxygens (including phenoxy) is 1. The summed E-state index contributed by atoms with van der Waals surface area (Å²) in [4.78, 5) is 37.7. The molecule has 1 atom stereocenters. The molecule has 2 aromatic carbocycles. The molecule has 0 saturated carbocycles. The molecule has 0 aliphatic carbocycles. The number of nitrogens with zero attached hydrogens (tertiary/aromatic N) is 2. The van der Waals surface area contributed by atoms with Crippen LogP contribution in [0.25, 0.3) is 0 Å². The predicted molar refractivity (Wildman–Crippen MR) is 108 cm³/mol. The molecule has 1 amide bonds. The molecule has 1 heterocycles. The average molecular weight is 397 g/mol. The average Bonchev–Trinajstić information content (AvgIpc) is 3.28. The van der Waals surface area contributed by atoms with Crippen molar-refractivity contribution in [2.45, 2.75) is 25.3 Å². The quantitative estimate of drug-likeness (QED) is 0.437. The number of hydrogen-bond donors (Lipinski definition) is 1. The SMILES string of the molecule is COC(=O)C[C@@H](NC(=O)c1ccc(N2CCCC2)c([N+](=O)[O-])c1)c1ccccc1. The number of esters is 1. The minimum Gasteiger partial charge on any atom is -0.469 e. The van der Waals surface area contributed by atoms with Gasteiger partial charge in [-0.2, -0.15) is 0 Å². The van der Waals surface area contributed by atoms with Crippen molar-refractivity contribution >= 4 is 23.3 Å². The zero-order valence-corrected chi connectivity index (χ0v) is 16.2. The number of benzene rings is 2. The number of nitro groups is 1. The molecular formula is C21H23N3O5. The smallest absolute Gasteiger partial charge is 0.307 e. The molecule has 2 aromatic rings. The number of hydrogen-bond acceptors (Lipinski definition) is 6. The summed E-state index contributed by atoms with van der Waals surface area (Å²) in [7, 11) is 1.28. The molecule has 1 fully saturated rings. The maximum atomic E-state index is 12.8. The minimum atomic E-state index is -0.603. The number of methoxy groups -OCH3 is 1. The van der Waals surface area contributed by atoms with Gasteiger partial charge in [0.15, 0.2) is 0 Å². The molecular weight excluding hydrogens is 374 g/mol. The minimum absolute atomic E-state index is 0.0415. The van der Waals surface area contributed by atoms with Crippen molar-refractivity contribution in [2.24, 2.45) is 0 Å². The molecule has 0 unspecified atom stereocenters. The van der Waals surface area contributed by atoms with Crippen LogP contribution in [0.4, 0.5) is 11.4 Å². The summed E-state index contributed by atoms with van der Waals surface area (Å²) in [5.74, 6) is -0.951. The monoisotopic (exact) mass is 397 g/mol. The maximum absolute atomic E-state index is 12.8. The molecule has 0 bridgehead atoms. The van der Waals surface area contributed by atoms with E-state index in [-0.39, 0.29) is 17.7 Å². The van der Waals surface area contributed by atoms with Crippen LogP contribution in [0.3, 0.4) is 0 Å². The Kier molecular flexibility index (Phi) is 6.43. The Bertz CT molecular complexity index is 894. The second kappa shape index (κ2) is 9.18. The van der Waals surface area contributed by atoms with Gasteiger partial charge in [0, 0.05) is 24.7 Å². The molecule has 1 aliphatic heterocycles. The molecule has 1 aliphatic rings.